The van der Waals surface area contributed by atoms with Gasteiger partial charge in [-0.2, -0.15) is 0 Å². The first-order chi connectivity index (χ1) is 9.76. The Labute approximate surface area is 122 Å². The van der Waals surface area contributed by atoms with Crippen LogP contribution in [0, 0.1) is 11.8 Å². The van der Waals surface area contributed by atoms with E-state index in [0.29, 0.717) is 19.1 Å². The van der Waals surface area contributed by atoms with Crippen molar-refractivity contribution in [2.75, 3.05) is 19.7 Å². The maximum atomic E-state index is 9.28. The molecule has 0 saturated carbocycles. The molecule has 20 heavy (non-hydrogen) atoms. The fourth-order valence-corrected chi connectivity index (χ4v) is 2.47. The van der Waals surface area contributed by atoms with Crippen LogP contribution >= 0.6 is 0 Å². The summed E-state index contributed by atoms with van der Waals surface area (Å²) in [6.45, 7) is 6.47. The molecule has 0 aliphatic heterocycles. The van der Waals surface area contributed by atoms with Gasteiger partial charge < -0.3 is 10.8 Å². The molecule has 1 rings (SSSR count). The Kier molecular flexibility index (Phi) is 7.98. The molecule has 0 bridgehead atoms. The highest BCUT2D eigenvalue weighted by atomic mass is 16.3. The van der Waals surface area contributed by atoms with Crippen LogP contribution in [0.3, 0.4) is 0 Å². The standard InChI is InChI=1S/C17H26N2O/c1-3-17(4-2)19(12-13-20)14-16-9-6-5-8-15(16)10-7-11-18/h5-6,8-9,17,20H,3-4,11-14,18H2,1-2H3. The van der Waals surface area contributed by atoms with Gasteiger partial charge >= 0.3 is 0 Å². The van der Waals surface area contributed by atoms with Gasteiger partial charge in [0.25, 0.3) is 0 Å². The van der Waals surface area contributed by atoms with E-state index in [1.165, 1.54) is 5.56 Å². The number of aliphatic hydroxyl groups excluding tert-OH is 1. The minimum atomic E-state index is 0.188. The summed E-state index contributed by atoms with van der Waals surface area (Å²) < 4.78 is 0. The van der Waals surface area contributed by atoms with Gasteiger partial charge in [0.15, 0.2) is 0 Å². The highest BCUT2D eigenvalue weighted by molar-refractivity contribution is 5.41. The highest BCUT2D eigenvalue weighted by Gasteiger charge is 2.15. The smallest absolute Gasteiger partial charge is 0.0558 e. The van der Waals surface area contributed by atoms with Crippen molar-refractivity contribution in [3.05, 3.63) is 35.4 Å². The number of hydrogen-bond acceptors (Lipinski definition) is 3. The molecule has 0 aliphatic rings. The third kappa shape index (κ3) is 4.97. The fraction of sp³-hybridized carbons (Fsp3) is 0.529. The molecular formula is C17H26N2O. The van der Waals surface area contributed by atoms with Gasteiger partial charge in [0.1, 0.15) is 0 Å². The molecule has 0 aromatic heterocycles. The number of rotatable bonds is 7. The summed E-state index contributed by atoms with van der Waals surface area (Å²) in [5.41, 5.74) is 7.69. The molecule has 0 spiro atoms. The van der Waals surface area contributed by atoms with Gasteiger partial charge in [-0.3, -0.25) is 4.90 Å². The summed E-state index contributed by atoms with van der Waals surface area (Å²) in [6.07, 6.45) is 2.18. The third-order valence-corrected chi connectivity index (χ3v) is 3.56. The van der Waals surface area contributed by atoms with Gasteiger partial charge in [0.05, 0.1) is 13.2 Å². The van der Waals surface area contributed by atoms with Gasteiger partial charge in [-0.25, -0.2) is 0 Å². The molecule has 0 heterocycles. The molecule has 0 radical (unpaired) electrons. The second kappa shape index (κ2) is 9.55. The lowest BCUT2D eigenvalue weighted by Gasteiger charge is -2.30. The quantitative estimate of drug-likeness (QED) is 0.748. The lowest BCUT2D eigenvalue weighted by Crippen LogP contribution is -2.36. The molecule has 0 amide bonds. The normalized spacial score (nSPS) is 10.7. The van der Waals surface area contributed by atoms with E-state index in [2.05, 4.69) is 36.7 Å². The zero-order chi connectivity index (χ0) is 14.8. The van der Waals surface area contributed by atoms with E-state index in [0.717, 1.165) is 24.9 Å². The Balaban J connectivity index is 2.92. The summed E-state index contributed by atoms with van der Waals surface area (Å²) >= 11 is 0. The summed E-state index contributed by atoms with van der Waals surface area (Å²) in [5, 5.41) is 9.28. The minimum absolute atomic E-state index is 0.188. The van der Waals surface area contributed by atoms with Gasteiger partial charge in [0, 0.05) is 24.7 Å². The average Bonchev–Trinajstić information content (AvgIpc) is 2.48. The number of benzene rings is 1. The van der Waals surface area contributed by atoms with Gasteiger partial charge in [0.2, 0.25) is 0 Å². The van der Waals surface area contributed by atoms with E-state index >= 15 is 0 Å². The number of nitrogens with two attached hydrogens (primary N) is 1. The van der Waals surface area contributed by atoms with Crippen molar-refractivity contribution in [2.24, 2.45) is 5.73 Å². The van der Waals surface area contributed by atoms with Crippen LogP contribution in [0.5, 0.6) is 0 Å². The molecular weight excluding hydrogens is 248 g/mol. The Morgan fingerprint density at radius 1 is 1.25 bits per heavy atom. The minimum Gasteiger partial charge on any atom is -0.395 e. The van der Waals surface area contributed by atoms with Crippen LogP contribution < -0.4 is 5.73 Å². The molecule has 0 atom stereocenters. The van der Waals surface area contributed by atoms with Crippen LogP contribution in [-0.4, -0.2) is 35.7 Å². The Morgan fingerprint density at radius 2 is 1.95 bits per heavy atom. The summed E-state index contributed by atoms with van der Waals surface area (Å²) in [7, 11) is 0. The summed E-state index contributed by atoms with van der Waals surface area (Å²) in [5.74, 6) is 6.05. The van der Waals surface area contributed by atoms with E-state index in [1.807, 2.05) is 18.2 Å². The molecule has 0 saturated heterocycles. The Hall–Kier alpha value is -1.34. The largest absolute Gasteiger partial charge is 0.395 e. The van der Waals surface area contributed by atoms with E-state index in [4.69, 9.17) is 5.73 Å². The first-order valence-corrected chi connectivity index (χ1v) is 7.38. The van der Waals surface area contributed by atoms with E-state index < -0.39 is 0 Å². The number of nitrogens with zero attached hydrogens (tertiary/aromatic N) is 1. The molecule has 1 aromatic rings. The average molecular weight is 274 g/mol. The van der Waals surface area contributed by atoms with E-state index in [9.17, 15) is 5.11 Å². The fourth-order valence-electron chi connectivity index (χ4n) is 2.47. The van der Waals surface area contributed by atoms with Crippen LogP contribution in [-0.2, 0) is 6.54 Å². The topological polar surface area (TPSA) is 49.5 Å². The molecule has 110 valence electrons. The molecule has 1 aromatic carbocycles. The summed E-state index contributed by atoms with van der Waals surface area (Å²) in [4.78, 5) is 2.34. The SMILES string of the molecule is CCC(CC)N(CCO)Cc1ccccc1C#CCN. The predicted octanol–water partition coefficient (Wildman–Crippen LogP) is 1.98. The van der Waals surface area contributed by atoms with Crippen LogP contribution in [0.1, 0.15) is 37.8 Å². The van der Waals surface area contributed by atoms with E-state index in [-0.39, 0.29) is 6.61 Å². The van der Waals surface area contributed by atoms with Gasteiger partial charge in [-0.1, -0.05) is 43.9 Å². The first kappa shape index (κ1) is 16.7. The van der Waals surface area contributed by atoms with Crippen LogP contribution in [0.4, 0.5) is 0 Å². The zero-order valence-corrected chi connectivity index (χ0v) is 12.6. The van der Waals surface area contributed by atoms with Gasteiger partial charge in [-0.15, -0.1) is 0 Å². The van der Waals surface area contributed by atoms with Crippen molar-refractivity contribution in [1.82, 2.24) is 4.90 Å². The number of aliphatic hydroxyl groups is 1. The summed E-state index contributed by atoms with van der Waals surface area (Å²) in [6, 6.07) is 8.66. The number of hydrogen-bond donors (Lipinski definition) is 2. The van der Waals surface area contributed by atoms with Crippen molar-refractivity contribution in [3.8, 4) is 11.8 Å². The van der Waals surface area contributed by atoms with Crippen LogP contribution in [0.15, 0.2) is 24.3 Å². The second-order valence-corrected chi connectivity index (χ2v) is 4.83. The molecule has 0 fully saturated rings. The Morgan fingerprint density at radius 3 is 2.55 bits per heavy atom. The second-order valence-electron chi connectivity index (χ2n) is 4.83. The predicted molar refractivity (Wildman–Crippen MR) is 84.2 cm³/mol. The van der Waals surface area contributed by atoms with Crippen LogP contribution in [0.25, 0.3) is 0 Å². The molecule has 0 aliphatic carbocycles. The first-order valence-electron chi connectivity index (χ1n) is 7.38. The van der Waals surface area contributed by atoms with Crippen molar-refractivity contribution in [1.29, 1.82) is 0 Å². The maximum Gasteiger partial charge on any atom is 0.0558 e. The monoisotopic (exact) mass is 274 g/mol. The van der Waals surface area contributed by atoms with Crippen molar-refractivity contribution < 1.29 is 5.11 Å². The van der Waals surface area contributed by atoms with Crippen molar-refractivity contribution in [2.45, 2.75) is 39.3 Å². The maximum absolute atomic E-state index is 9.28. The lowest BCUT2D eigenvalue weighted by molar-refractivity contribution is 0.136. The van der Waals surface area contributed by atoms with Gasteiger partial charge in [-0.05, 0) is 24.5 Å². The molecule has 3 N–H and O–H groups in total. The zero-order valence-electron chi connectivity index (χ0n) is 12.6. The van der Waals surface area contributed by atoms with Crippen LogP contribution in [0.2, 0.25) is 0 Å². The highest BCUT2D eigenvalue weighted by Crippen LogP contribution is 2.16. The van der Waals surface area contributed by atoms with Crippen molar-refractivity contribution >= 4 is 0 Å². The van der Waals surface area contributed by atoms with Crippen molar-refractivity contribution in [3.63, 3.8) is 0 Å². The third-order valence-electron chi connectivity index (χ3n) is 3.56. The molecule has 0 unspecified atom stereocenters. The lowest BCUT2D eigenvalue weighted by atomic mass is 10.0. The molecule has 3 heteroatoms. The Bertz CT molecular complexity index is 444. The molecule has 3 nitrogen and oxygen atoms in total. The van der Waals surface area contributed by atoms with E-state index in [1.54, 1.807) is 0 Å².